The Balaban J connectivity index is 3.56. The van der Waals surface area contributed by atoms with Gasteiger partial charge in [0.15, 0.2) is 0 Å². The van der Waals surface area contributed by atoms with Crippen LogP contribution in [0.5, 0.6) is 0 Å². The molecule has 2 N–H and O–H groups in total. The first-order chi connectivity index (χ1) is 6.00. The molecule has 0 aliphatic heterocycles. The summed E-state index contributed by atoms with van der Waals surface area (Å²) in [5.41, 5.74) is 5.98. The highest BCUT2D eigenvalue weighted by atomic mass is 14.5. The van der Waals surface area contributed by atoms with Crippen molar-refractivity contribution in [2.75, 3.05) is 0 Å². The molecule has 0 unspecified atom stereocenters. The summed E-state index contributed by atoms with van der Waals surface area (Å²) in [6, 6.07) is -0.0510. The van der Waals surface area contributed by atoms with Crippen molar-refractivity contribution in [2.24, 2.45) is 5.73 Å². The van der Waals surface area contributed by atoms with E-state index in [1.54, 1.807) is 6.92 Å². The van der Waals surface area contributed by atoms with E-state index in [9.17, 15) is 0 Å². The highest BCUT2D eigenvalue weighted by Gasteiger charge is 1.84. The maximum Gasteiger partial charge on any atom is 0.0626 e. The Bertz CT molecular complexity index is 319. The molecule has 0 aliphatic carbocycles. The molecule has 0 amide bonds. The van der Waals surface area contributed by atoms with Gasteiger partial charge in [-0.1, -0.05) is 29.7 Å². The van der Waals surface area contributed by atoms with Gasteiger partial charge in [0.1, 0.15) is 0 Å². The van der Waals surface area contributed by atoms with Crippen molar-refractivity contribution in [1.82, 2.24) is 0 Å². The first-order valence-electron chi connectivity index (χ1n) is 4.76. The average molecular weight is 125 g/mol. The van der Waals surface area contributed by atoms with Crippen molar-refractivity contribution in [3.05, 3.63) is 35.3 Å². The van der Waals surface area contributed by atoms with Crippen molar-refractivity contribution < 1.29 is 5.48 Å². The monoisotopic (exact) mass is 125 g/mol. The molecule has 0 saturated carbocycles. The van der Waals surface area contributed by atoms with Gasteiger partial charge in [0.25, 0.3) is 0 Å². The van der Waals surface area contributed by atoms with E-state index in [2.05, 4.69) is 0 Å². The van der Waals surface area contributed by atoms with E-state index < -0.39 is 0 Å². The molecule has 48 valence electrons. The van der Waals surface area contributed by atoms with Crippen LogP contribution >= 0.6 is 0 Å². The quantitative estimate of drug-likeness (QED) is 0.604. The Hall–Kier alpha value is -0.820. The van der Waals surface area contributed by atoms with Crippen molar-refractivity contribution in [1.29, 1.82) is 0 Å². The highest BCUT2D eigenvalue weighted by molar-refractivity contribution is 5.20. The molecule has 0 spiro atoms. The summed E-state index contributed by atoms with van der Waals surface area (Å²) in [5, 5.41) is 0. The maximum atomic E-state index is 7.50. The molecule has 0 heterocycles. The molecule has 0 saturated heterocycles. The predicted octanol–water partition coefficient (Wildman–Crippen LogP) is 1.45. The fraction of sp³-hybridized carbons (Fsp3) is 0.250. The fourth-order valence-electron chi connectivity index (χ4n) is 0.503. The Kier molecular flexibility index (Phi) is 0.836. The van der Waals surface area contributed by atoms with E-state index in [1.165, 1.54) is 0 Å². The summed E-state index contributed by atoms with van der Waals surface area (Å²) in [6.45, 7) is 1.61. The molecule has 0 atom stereocenters. The van der Waals surface area contributed by atoms with Crippen molar-refractivity contribution >= 4 is 0 Å². The van der Waals surface area contributed by atoms with Gasteiger partial charge >= 0.3 is 0 Å². The third-order valence-electron chi connectivity index (χ3n) is 1.01. The van der Waals surface area contributed by atoms with Crippen LogP contribution in [0.4, 0.5) is 0 Å². The molecular formula is C8H11N. The molecule has 0 bridgehead atoms. The zero-order valence-corrected chi connectivity index (χ0v) is 5.28. The molecule has 1 rings (SSSR count). The lowest BCUT2D eigenvalue weighted by atomic mass is 10.2. The second-order valence-electron chi connectivity index (χ2n) is 1.81. The van der Waals surface area contributed by atoms with Crippen molar-refractivity contribution in [3.8, 4) is 0 Å². The lowest BCUT2D eigenvalue weighted by Crippen LogP contribution is -1.94. The number of benzene rings is 1. The van der Waals surface area contributed by atoms with Gasteiger partial charge in [0, 0.05) is 6.54 Å². The van der Waals surface area contributed by atoms with Crippen LogP contribution in [0.2, 0.25) is 0 Å². The lowest BCUT2D eigenvalue weighted by molar-refractivity contribution is 1.07. The molecule has 0 aliphatic rings. The van der Waals surface area contributed by atoms with Crippen LogP contribution in [0.25, 0.3) is 0 Å². The second-order valence-corrected chi connectivity index (χ2v) is 1.81. The first kappa shape index (κ1) is 2.84. The van der Waals surface area contributed by atoms with Gasteiger partial charge in [-0.05, 0) is 12.5 Å². The van der Waals surface area contributed by atoms with Crippen LogP contribution in [-0.4, -0.2) is 0 Å². The fourth-order valence-corrected chi connectivity index (χ4v) is 0.503. The number of hydrogen-bond acceptors (Lipinski definition) is 1. The number of hydrogen-bond donors (Lipinski definition) is 1. The average Bonchev–Trinajstić information content (AvgIpc) is 2.13. The van der Waals surface area contributed by atoms with Gasteiger partial charge in [0.05, 0.1) is 5.48 Å². The number of nitrogens with two attached hydrogens (primary N) is 1. The smallest absolute Gasteiger partial charge is 0.0626 e. The van der Waals surface area contributed by atoms with Crippen LogP contribution in [0.15, 0.2) is 24.2 Å². The summed E-state index contributed by atoms with van der Waals surface area (Å²) in [6.07, 6.45) is 0. The molecule has 0 fully saturated rings. The van der Waals surface area contributed by atoms with E-state index in [0.717, 1.165) is 0 Å². The topological polar surface area (TPSA) is 26.0 Å². The molecule has 1 heteroatoms. The largest absolute Gasteiger partial charge is 0.326 e. The van der Waals surface area contributed by atoms with E-state index >= 15 is 0 Å². The molecular weight excluding hydrogens is 110 g/mol. The highest BCUT2D eigenvalue weighted by Crippen LogP contribution is 2.00. The zero-order valence-electron chi connectivity index (χ0n) is 9.28. The molecule has 1 aromatic carbocycles. The second kappa shape index (κ2) is 2.65. The van der Waals surface area contributed by atoms with Crippen LogP contribution in [0, 0.1) is 6.92 Å². The normalized spacial score (nSPS) is 15.8. The SMILES string of the molecule is [2H]c1c([2H])c(CN)c([2H])c([2H])c1C. The van der Waals surface area contributed by atoms with E-state index in [1.807, 2.05) is 0 Å². The van der Waals surface area contributed by atoms with Gasteiger partial charge < -0.3 is 5.73 Å². The van der Waals surface area contributed by atoms with Gasteiger partial charge in [0.2, 0.25) is 0 Å². The van der Waals surface area contributed by atoms with Gasteiger partial charge in [-0.2, -0.15) is 0 Å². The van der Waals surface area contributed by atoms with Crippen molar-refractivity contribution in [2.45, 2.75) is 13.5 Å². The lowest BCUT2D eigenvalue weighted by Gasteiger charge is -1.94. The Labute approximate surface area is 61.1 Å². The van der Waals surface area contributed by atoms with Crippen LogP contribution < -0.4 is 5.73 Å². The number of rotatable bonds is 1. The third kappa shape index (κ3) is 1.54. The molecule has 1 aromatic rings. The van der Waals surface area contributed by atoms with Gasteiger partial charge in [-0.3, -0.25) is 0 Å². The maximum absolute atomic E-state index is 7.50. The van der Waals surface area contributed by atoms with E-state index in [4.69, 9.17) is 11.2 Å². The van der Waals surface area contributed by atoms with Gasteiger partial charge in [-0.15, -0.1) is 0 Å². The Morgan fingerprint density at radius 2 is 2.00 bits per heavy atom. The third-order valence-corrected chi connectivity index (χ3v) is 1.01. The zero-order chi connectivity index (χ0) is 10.2. The summed E-state index contributed by atoms with van der Waals surface area (Å²) >= 11 is 0. The van der Waals surface area contributed by atoms with E-state index in [-0.39, 0.29) is 36.3 Å². The van der Waals surface area contributed by atoms with Crippen molar-refractivity contribution in [3.63, 3.8) is 0 Å². The minimum atomic E-state index is -0.0269. The Morgan fingerprint density at radius 3 is 2.44 bits per heavy atom. The first-order valence-corrected chi connectivity index (χ1v) is 2.76. The molecule has 0 radical (unpaired) electrons. The van der Waals surface area contributed by atoms with Crippen LogP contribution in [0.3, 0.4) is 0 Å². The van der Waals surface area contributed by atoms with Gasteiger partial charge in [-0.25, -0.2) is 0 Å². The molecule has 0 aromatic heterocycles. The standard InChI is InChI=1S/C8H11N/c1-7-2-4-8(6-9)5-3-7/h2-5H,6,9H2,1H3/i2D,3D,4D,5D. The summed E-state index contributed by atoms with van der Waals surface area (Å²) in [7, 11) is 0. The van der Waals surface area contributed by atoms with E-state index in [0.29, 0.717) is 5.56 Å². The molecule has 1 nitrogen and oxygen atoms in total. The van der Waals surface area contributed by atoms with Crippen LogP contribution in [0.1, 0.15) is 16.6 Å². The summed E-state index contributed by atoms with van der Waals surface area (Å²) in [5.74, 6) is 0. The summed E-state index contributed by atoms with van der Waals surface area (Å²) in [4.78, 5) is 0. The van der Waals surface area contributed by atoms with Crippen LogP contribution in [-0.2, 0) is 6.54 Å². The predicted molar refractivity (Wildman–Crippen MR) is 39.1 cm³/mol. The Morgan fingerprint density at radius 1 is 1.44 bits per heavy atom. The summed E-state index contributed by atoms with van der Waals surface area (Å²) < 4.78 is 30.0. The minimum absolute atomic E-state index is 0.00134. The molecule has 9 heavy (non-hydrogen) atoms. The minimum Gasteiger partial charge on any atom is -0.326 e.